The van der Waals surface area contributed by atoms with E-state index in [1.165, 1.54) is 25.0 Å². The van der Waals surface area contributed by atoms with Gasteiger partial charge < -0.3 is 5.32 Å². The van der Waals surface area contributed by atoms with Crippen molar-refractivity contribution < 1.29 is 0 Å². The standard InChI is InChI=1S/C13H23N3/c1-9-5-6-12(10(2)7-9)14-13-8-11(3)16(4)15-13/h8-10,12H,5-7H2,1-4H3,(H,14,15). The Balaban J connectivity index is 1.99. The van der Waals surface area contributed by atoms with E-state index in [4.69, 9.17) is 0 Å². The van der Waals surface area contributed by atoms with Gasteiger partial charge in [-0.3, -0.25) is 4.68 Å². The van der Waals surface area contributed by atoms with Gasteiger partial charge in [-0.05, 0) is 38.0 Å². The fraction of sp³-hybridized carbons (Fsp3) is 0.769. The maximum absolute atomic E-state index is 4.46. The molecule has 1 saturated carbocycles. The van der Waals surface area contributed by atoms with Gasteiger partial charge in [0.1, 0.15) is 5.82 Å². The number of nitrogens with one attached hydrogen (secondary N) is 1. The normalized spacial score (nSPS) is 30.4. The molecule has 1 N–H and O–H groups in total. The van der Waals surface area contributed by atoms with Crippen molar-refractivity contribution in [2.45, 2.75) is 46.1 Å². The second-order valence-electron chi connectivity index (χ2n) is 5.44. The third-order valence-corrected chi connectivity index (χ3v) is 3.88. The van der Waals surface area contributed by atoms with Crippen molar-refractivity contribution in [3.05, 3.63) is 11.8 Å². The predicted molar refractivity (Wildman–Crippen MR) is 67.5 cm³/mol. The molecule has 3 atom stereocenters. The zero-order chi connectivity index (χ0) is 11.7. The van der Waals surface area contributed by atoms with Gasteiger partial charge in [0.2, 0.25) is 0 Å². The Bertz CT molecular complexity index is 337. The second-order valence-corrected chi connectivity index (χ2v) is 5.44. The summed E-state index contributed by atoms with van der Waals surface area (Å²) in [6, 6.07) is 2.73. The van der Waals surface area contributed by atoms with Crippen LogP contribution in [-0.2, 0) is 7.05 Å². The average molecular weight is 221 g/mol. The van der Waals surface area contributed by atoms with Gasteiger partial charge in [-0.2, -0.15) is 5.10 Å². The quantitative estimate of drug-likeness (QED) is 0.832. The minimum Gasteiger partial charge on any atom is -0.366 e. The molecule has 16 heavy (non-hydrogen) atoms. The van der Waals surface area contributed by atoms with Crippen molar-refractivity contribution >= 4 is 5.82 Å². The van der Waals surface area contributed by atoms with Crippen LogP contribution in [0.3, 0.4) is 0 Å². The summed E-state index contributed by atoms with van der Waals surface area (Å²) >= 11 is 0. The molecule has 2 rings (SSSR count). The van der Waals surface area contributed by atoms with E-state index in [2.05, 4.69) is 37.3 Å². The van der Waals surface area contributed by atoms with Crippen LogP contribution in [0.25, 0.3) is 0 Å². The van der Waals surface area contributed by atoms with Crippen molar-refractivity contribution in [1.29, 1.82) is 0 Å². The molecule has 0 radical (unpaired) electrons. The Morgan fingerprint density at radius 2 is 2.12 bits per heavy atom. The van der Waals surface area contributed by atoms with Gasteiger partial charge in [-0.15, -0.1) is 0 Å². The first kappa shape index (κ1) is 11.5. The van der Waals surface area contributed by atoms with Crippen LogP contribution in [0.4, 0.5) is 5.82 Å². The van der Waals surface area contributed by atoms with E-state index >= 15 is 0 Å². The predicted octanol–water partition coefficient (Wildman–Crippen LogP) is 2.97. The fourth-order valence-corrected chi connectivity index (χ4v) is 2.70. The van der Waals surface area contributed by atoms with E-state index in [-0.39, 0.29) is 0 Å². The molecule has 0 aromatic carbocycles. The van der Waals surface area contributed by atoms with E-state index in [9.17, 15) is 0 Å². The Morgan fingerprint density at radius 1 is 1.38 bits per heavy atom. The van der Waals surface area contributed by atoms with Crippen LogP contribution in [0.2, 0.25) is 0 Å². The summed E-state index contributed by atoms with van der Waals surface area (Å²) in [6.45, 7) is 6.80. The lowest BCUT2D eigenvalue weighted by Crippen LogP contribution is -2.33. The van der Waals surface area contributed by atoms with Gasteiger partial charge >= 0.3 is 0 Å². The summed E-state index contributed by atoms with van der Waals surface area (Å²) in [5.74, 6) is 2.68. The van der Waals surface area contributed by atoms with Crippen molar-refractivity contribution in [2.24, 2.45) is 18.9 Å². The van der Waals surface area contributed by atoms with Crippen molar-refractivity contribution in [3.63, 3.8) is 0 Å². The second kappa shape index (κ2) is 4.48. The Morgan fingerprint density at radius 3 is 2.69 bits per heavy atom. The maximum Gasteiger partial charge on any atom is 0.148 e. The minimum absolute atomic E-state index is 0.602. The van der Waals surface area contributed by atoms with E-state index in [0.717, 1.165) is 17.7 Å². The molecule has 1 fully saturated rings. The van der Waals surface area contributed by atoms with E-state index in [0.29, 0.717) is 6.04 Å². The minimum atomic E-state index is 0.602. The molecule has 90 valence electrons. The van der Waals surface area contributed by atoms with Crippen LogP contribution in [-0.4, -0.2) is 15.8 Å². The largest absolute Gasteiger partial charge is 0.366 e. The molecule has 1 aliphatic rings. The Kier molecular flexibility index (Phi) is 3.22. The number of rotatable bonds is 2. The molecule has 1 aromatic rings. The zero-order valence-corrected chi connectivity index (χ0v) is 10.8. The van der Waals surface area contributed by atoms with Crippen LogP contribution < -0.4 is 5.32 Å². The molecule has 3 heteroatoms. The molecule has 0 bridgehead atoms. The summed E-state index contributed by atoms with van der Waals surface area (Å²) < 4.78 is 1.93. The van der Waals surface area contributed by atoms with E-state index < -0.39 is 0 Å². The Labute approximate surface area is 98.2 Å². The summed E-state index contributed by atoms with van der Waals surface area (Å²) in [5.41, 5.74) is 1.21. The highest BCUT2D eigenvalue weighted by atomic mass is 15.3. The number of aryl methyl sites for hydroxylation is 2. The molecule has 3 nitrogen and oxygen atoms in total. The maximum atomic E-state index is 4.46. The van der Waals surface area contributed by atoms with Crippen LogP contribution in [0, 0.1) is 18.8 Å². The van der Waals surface area contributed by atoms with Crippen molar-refractivity contribution in [3.8, 4) is 0 Å². The number of anilines is 1. The van der Waals surface area contributed by atoms with Gasteiger partial charge in [0.05, 0.1) is 0 Å². The Hall–Kier alpha value is -0.990. The molecule has 0 saturated heterocycles. The van der Waals surface area contributed by atoms with Crippen LogP contribution in [0.1, 0.15) is 38.8 Å². The first-order chi connectivity index (χ1) is 7.56. The van der Waals surface area contributed by atoms with Gasteiger partial charge in [-0.1, -0.05) is 13.8 Å². The number of nitrogens with zero attached hydrogens (tertiary/aromatic N) is 2. The third-order valence-electron chi connectivity index (χ3n) is 3.88. The van der Waals surface area contributed by atoms with E-state index in [1.807, 2.05) is 11.7 Å². The smallest absolute Gasteiger partial charge is 0.148 e. The summed E-state index contributed by atoms with van der Waals surface area (Å²) in [6.07, 6.45) is 3.95. The number of hydrogen-bond donors (Lipinski definition) is 1. The fourth-order valence-electron chi connectivity index (χ4n) is 2.70. The molecule has 1 aromatic heterocycles. The van der Waals surface area contributed by atoms with Crippen molar-refractivity contribution in [1.82, 2.24) is 9.78 Å². The zero-order valence-electron chi connectivity index (χ0n) is 10.8. The first-order valence-corrected chi connectivity index (χ1v) is 6.33. The van der Waals surface area contributed by atoms with Crippen LogP contribution in [0.5, 0.6) is 0 Å². The van der Waals surface area contributed by atoms with Gasteiger partial charge in [0.25, 0.3) is 0 Å². The van der Waals surface area contributed by atoms with Gasteiger partial charge in [0.15, 0.2) is 0 Å². The summed E-state index contributed by atoms with van der Waals surface area (Å²) in [5, 5.41) is 8.04. The molecule has 1 aliphatic carbocycles. The van der Waals surface area contributed by atoms with Crippen LogP contribution in [0.15, 0.2) is 6.07 Å². The SMILES string of the molecule is Cc1cc(NC2CCC(C)CC2C)nn1C. The molecule has 0 amide bonds. The highest BCUT2D eigenvalue weighted by Crippen LogP contribution is 2.30. The first-order valence-electron chi connectivity index (χ1n) is 6.33. The monoisotopic (exact) mass is 221 g/mol. The number of aromatic nitrogens is 2. The van der Waals surface area contributed by atoms with Crippen molar-refractivity contribution in [2.75, 3.05) is 5.32 Å². The summed E-state index contributed by atoms with van der Waals surface area (Å²) in [4.78, 5) is 0. The molecule has 0 aliphatic heterocycles. The van der Waals surface area contributed by atoms with Gasteiger partial charge in [-0.25, -0.2) is 0 Å². The molecule has 1 heterocycles. The average Bonchev–Trinajstić information content (AvgIpc) is 2.51. The molecule has 3 unspecified atom stereocenters. The topological polar surface area (TPSA) is 29.9 Å². The summed E-state index contributed by atoms with van der Waals surface area (Å²) in [7, 11) is 1.99. The number of hydrogen-bond acceptors (Lipinski definition) is 2. The van der Waals surface area contributed by atoms with Gasteiger partial charge in [0, 0.05) is 24.8 Å². The lowest BCUT2D eigenvalue weighted by molar-refractivity contribution is 0.276. The molecular weight excluding hydrogens is 198 g/mol. The molecular formula is C13H23N3. The van der Waals surface area contributed by atoms with Crippen LogP contribution >= 0.6 is 0 Å². The lowest BCUT2D eigenvalue weighted by Gasteiger charge is -2.33. The highest BCUT2D eigenvalue weighted by molar-refractivity contribution is 5.37. The lowest BCUT2D eigenvalue weighted by atomic mass is 9.80. The molecule has 0 spiro atoms. The van der Waals surface area contributed by atoms with E-state index in [1.54, 1.807) is 0 Å². The highest BCUT2D eigenvalue weighted by Gasteiger charge is 2.25. The third kappa shape index (κ3) is 2.39.